The highest BCUT2D eigenvalue weighted by Crippen LogP contribution is 2.38. The summed E-state index contributed by atoms with van der Waals surface area (Å²) in [6.45, 7) is 2.22. The van der Waals surface area contributed by atoms with E-state index in [0.29, 0.717) is 24.2 Å². The molecule has 4 rings (SSSR count). The van der Waals surface area contributed by atoms with Gasteiger partial charge in [-0.05, 0) is 43.6 Å². The van der Waals surface area contributed by atoms with Gasteiger partial charge in [0, 0.05) is 12.1 Å². The summed E-state index contributed by atoms with van der Waals surface area (Å²) < 4.78 is 0. The number of carbonyl (C=O) groups excluding carboxylic acids is 1. The first-order chi connectivity index (χ1) is 7.75. The third-order valence-corrected chi connectivity index (χ3v) is 4.23. The molecule has 2 aliphatic carbocycles. The number of hydrogen-bond acceptors (Lipinski definition) is 2. The Labute approximate surface area is 96.8 Å². The number of rotatable bonds is 1. The zero-order valence-corrected chi connectivity index (χ0v) is 9.91. The van der Waals surface area contributed by atoms with Gasteiger partial charge in [-0.15, -0.1) is 0 Å². The molecule has 2 nitrogen and oxygen atoms in total. The van der Waals surface area contributed by atoms with Gasteiger partial charge in [0.05, 0.1) is 12.0 Å². The summed E-state index contributed by atoms with van der Waals surface area (Å²) in [5.74, 6) is 1.09. The Morgan fingerprint density at radius 3 is 2.88 bits per heavy atom. The lowest BCUT2D eigenvalue weighted by Gasteiger charge is -2.39. The van der Waals surface area contributed by atoms with Crippen LogP contribution in [0.1, 0.15) is 45.4 Å². The largest absolute Gasteiger partial charge is 0.299 e. The molecule has 2 heteroatoms. The van der Waals surface area contributed by atoms with E-state index in [4.69, 9.17) is 4.99 Å². The normalized spacial score (nSPS) is 38.3. The Morgan fingerprint density at radius 1 is 1.38 bits per heavy atom. The number of fused-ring (bicyclic) bond motifs is 2. The lowest BCUT2D eigenvalue weighted by Crippen LogP contribution is -2.44. The first-order valence-electron chi connectivity index (χ1n) is 6.55. The van der Waals surface area contributed by atoms with Crippen molar-refractivity contribution in [3.63, 3.8) is 0 Å². The topological polar surface area (TPSA) is 29.4 Å². The number of aliphatic imine (C=N–C) groups is 1. The molecule has 0 unspecified atom stereocenters. The maximum atomic E-state index is 12.0. The van der Waals surface area contributed by atoms with E-state index >= 15 is 0 Å². The van der Waals surface area contributed by atoms with Gasteiger partial charge in [0.15, 0.2) is 0 Å². The highest BCUT2D eigenvalue weighted by Gasteiger charge is 2.42. The van der Waals surface area contributed by atoms with Crippen LogP contribution in [0.3, 0.4) is 0 Å². The number of nitrogens with zero attached hydrogens (tertiary/aromatic N) is 1. The molecule has 0 aromatic carbocycles. The van der Waals surface area contributed by atoms with Crippen LogP contribution in [0, 0.1) is 11.8 Å². The van der Waals surface area contributed by atoms with E-state index in [1.807, 2.05) is 0 Å². The van der Waals surface area contributed by atoms with Crippen LogP contribution in [-0.4, -0.2) is 17.5 Å². The Hall–Kier alpha value is -0.920. The lowest BCUT2D eigenvalue weighted by molar-refractivity contribution is -0.124. The number of carbonyl (C=O) groups is 1. The van der Waals surface area contributed by atoms with Crippen LogP contribution in [0.15, 0.2) is 16.6 Å². The molecule has 16 heavy (non-hydrogen) atoms. The highest BCUT2D eigenvalue weighted by molar-refractivity contribution is 6.15. The number of allylic oxidation sites excluding steroid dienone is 2. The minimum atomic E-state index is 0.134. The summed E-state index contributed by atoms with van der Waals surface area (Å²) in [7, 11) is 0. The second kappa shape index (κ2) is 3.83. The lowest BCUT2D eigenvalue weighted by atomic mass is 9.69. The van der Waals surface area contributed by atoms with Gasteiger partial charge in [0.25, 0.3) is 0 Å². The molecule has 4 aliphatic rings. The van der Waals surface area contributed by atoms with Crippen molar-refractivity contribution in [1.29, 1.82) is 0 Å². The summed E-state index contributed by atoms with van der Waals surface area (Å²) >= 11 is 0. The molecule has 0 aromatic rings. The fourth-order valence-electron chi connectivity index (χ4n) is 3.48. The fourth-order valence-corrected chi connectivity index (χ4v) is 3.48. The summed E-state index contributed by atoms with van der Waals surface area (Å²) in [6.07, 6.45) is 9.03. The SMILES string of the molecule is C[C@H]1C[C@H]2CC(=O)[C@@H]1C(C1=CCCCC1)=N2. The molecule has 0 spiro atoms. The average molecular weight is 217 g/mol. The van der Waals surface area contributed by atoms with Gasteiger partial charge in [0.1, 0.15) is 5.78 Å². The minimum absolute atomic E-state index is 0.134. The molecule has 86 valence electrons. The van der Waals surface area contributed by atoms with Crippen molar-refractivity contribution in [2.45, 2.75) is 51.5 Å². The number of Topliss-reactive ketones (excluding diaryl/α,β-unsaturated/α-hetero) is 1. The van der Waals surface area contributed by atoms with Crippen LogP contribution in [0.2, 0.25) is 0 Å². The minimum Gasteiger partial charge on any atom is -0.299 e. The molecular weight excluding hydrogens is 198 g/mol. The Kier molecular flexibility index (Phi) is 2.45. The van der Waals surface area contributed by atoms with Crippen molar-refractivity contribution in [2.75, 3.05) is 0 Å². The smallest absolute Gasteiger partial charge is 0.144 e. The van der Waals surface area contributed by atoms with Gasteiger partial charge in [-0.3, -0.25) is 9.79 Å². The predicted octanol–water partition coefficient (Wildman–Crippen LogP) is 2.93. The van der Waals surface area contributed by atoms with Gasteiger partial charge in [-0.25, -0.2) is 0 Å². The Morgan fingerprint density at radius 2 is 2.25 bits per heavy atom. The van der Waals surface area contributed by atoms with Crippen LogP contribution in [0.4, 0.5) is 0 Å². The molecular formula is C14H19NO. The van der Waals surface area contributed by atoms with E-state index in [9.17, 15) is 4.79 Å². The van der Waals surface area contributed by atoms with E-state index < -0.39 is 0 Å². The van der Waals surface area contributed by atoms with Gasteiger partial charge in [0.2, 0.25) is 0 Å². The third-order valence-electron chi connectivity index (χ3n) is 4.23. The van der Waals surface area contributed by atoms with Gasteiger partial charge in [-0.1, -0.05) is 13.0 Å². The van der Waals surface area contributed by atoms with Gasteiger partial charge < -0.3 is 0 Å². The van der Waals surface area contributed by atoms with E-state index in [-0.39, 0.29) is 5.92 Å². The molecule has 2 bridgehead atoms. The van der Waals surface area contributed by atoms with E-state index in [1.54, 1.807) is 0 Å². The maximum absolute atomic E-state index is 12.0. The van der Waals surface area contributed by atoms with Crippen LogP contribution in [-0.2, 0) is 4.79 Å². The van der Waals surface area contributed by atoms with Crippen LogP contribution in [0.5, 0.6) is 0 Å². The van der Waals surface area contributed by atoms with Crippen molar-refractivity contribution in [3.05, 3.63) is 11.6 Å². The summed E-state index contributed by atoms with van der Waals surface area (Å²) in [4.78, 5) is 16.8. The van der Waals surface area contributed by atoms with Crippen LogP contribution >= 0.6 is 0 Å². The predicted molar refractivity (Wildman–Crippen MR) is 64.7 cm³/mol. The standard InChI is InChI=1S/C14H19NO/c1-9-7-11-8-12(16)13(9)14(15-11)10-5-3-2-4-6-10/h5,9,11,13H,2-4,6-8H2,1H3/t9-,11-,13+/m0/s1. The first kappa shape index (κ1) is 10.2. The van der Waals surface area contributed by atoms with Gasteiger partial charge in [-0.2, -0.15) is 0 Å². The molecule has 0 amide bonds. The van der Waals surface area contributed by atoms with E-state index in [0.717, 1.165) is 12.8 Å². The Balaban J connectivity index is 1.95. The van der Waals surface area contributed by atoms with Crippen molar-refractivity contribution < 1.29 is 4.79 Å². The van der Waals surface area contributed by atoms with Crippen molar-refractivity contribution in [2.24, 2.45) is 16.8 Å². The van der Waals surface area contributed by atoms with Crippen molar-refractivity contribution in [1.82, 2.24) is 0 Å². The second-order valence-electron chi connectivity index (χ2n) is 5.50. The van der Waals surface area contributed by atoms with Crippen molar-refractivity contribution >= 4 is 11.5 Å². The van der Waals surface area contributed by atoms with Crippen molar-refractivity contribution in [3.8, 4) is 0 Å². The molecule has 0 saturated heterocycles. The quantitative estimate of drug-likeness (QED) is 0.664. The highest BCUT2D eigenvalue weighted by atomic mass is 16.1. The molecule has 0 radical (unpaired) electrons. The van der Waals surface area contributed by atoms with Crippen LogP contribution in [0.25, 0.3) is 0 Å². The summed E-state index contributed by atoms with van der Waals surface area (Å²) in [5, 5.41) is 0. The van der Waals surface area contributed by atoms with E-state index in [2.05, 4.69) is 13.0 Å². The monoisotopic (exact) mass is 217 g/mol. The molecule has 0 N–H and O–H groups in total. The van der Waals surface area contributed by atoms with E-state index in [1.165, 1.54) is 30.5 Å². The number of hydrogen-bond donors (Lipinski definition) is 0. The second-order valence-corrected chi connectivity index (χ2v) is 5.50. The molecule has 2 heterocycles. The molecule has 3 atom stereocenters. The third kappa shape index (κ3) is 1.55. The maximum Gasteiger partial charge on any atom is 0.144 e. The molecule has 0 aromatic heterocycles. The average Bonchev–Trinajstić information content (AvgIpc) is 2.29. The molecule has 1 saturated carbocycles. The summed E-state index contributed by atoms with van der Waals surface area (Å²) in [5.41, 5.74) is 2.56. The van der Waals surface area contributed by atoms with Gasteiger partial charge >= 0.3 is 0 Å². The summed E-state index contributed by atoms with van der Waals surface area (Å²) in [6, 6.07) is 0.297. The number of ketones is 1. The molecule has 2 aliphatic heterocycles. The van der Waals surface area contributed by atoms with Crippen LogP contribution < -0.4 is 0 Å². The zero-order valence-electron chi connectivity index (χ0n) is 9.91. The fraction of sp³-hybridized carbons (Fsp3) is 0.714. The first-order valence-corrected chi connectivity index (χ1v) is 6.55. The zero-order chi connectivity index (χ0) is 11.1. The Bertz CT molecular complexity index is 380. The molecule has 1 fully saturated rings.